The number of piperidine rings is 1. The zero-order valence-electron chi connectivity index (χ0n) is 25.3. The summed E-state index contributed by atoms with van der Waals surface area (Å²) in [5.41, 5.74) is 13.3. The van der Waals surface area contributed by atoms with E-state index in [0.717, 1.165) is 59.6 Å². The van der Waals surface area contributed by atoms with Crippen molar-refractivity contribution in [3.63, 3.8) is 0 Å². The number of anilines is 1. The van der Waals surface area contributed by atoms with Gasteiger partial charge in [-0.25, -0.2) is 19.9 Å². The highest BCUT2D eigenvalue weighted by Crippen LogP contribution is 2.32. The van der Waals surface area contributed by atoms with Gasteiger partial charge in [-0.3, -0.25) is 14.3 Å². The van der Waals surface area contributed by atoms with E-state index >= 15 is 0 Å². The molecule has 2 unspecified atom stereocenters. The number of imidazole rings is 1. The van der Waals surface area contributed by atoms with Crippen molar-refractivity contribution < 1.29 is 4.79 Å². The molecule has 5 heterocycles. The Morgan fingerprint density at radius 2 is 1.81 bits per heavy atom. The summed E-state index contributed by atoms with van der Waals surface area (Å²) in [6.07, 6.45) is 4.77. The molecule has 6 aromatic rings. The number of carbonyl (C=O) groups excluding carboxylic acids is 1. The van der Waals surface area contributed by atoms with E-state index in [1.807, 2.05) is 60.7 Å². The van der Waals surface area contributed by atoms with Crippen LogP contribution in [-0.4, -0.2) is 51.9 Å². The summed E-state index contributed by atoms with van der Waals surface area (Å²) in [5.74, 6) is 0.880. The fourth-order valence-corrected chi connectivity index (χ4v) is 6.96. The Morgan fingerprint density at radius 3 is 2.53 bits per heavy atom. The number of alkyl halides is 1. The first-order valence-corrected chi connectivity index (χ1v) is 16.5. The second-order valence-electron chi connectivity index (χ2n) is 11.4. The van der Waals surface area contributed by atoms with Gasteiger partial charge in [-0.15, -0.1) is 0 Å². The first-order chi connectivity index (χ1) is 23.0. The molecule has 10 nitrogen and oxygen atoms in total. The number of hydrogen-bond acceptors (Lipinski definition) is 8. The first-order valence-electron chi connectivity index (χ1n) is 15.3. The lowest BCUT2D eigenvalue weighted by atomic mass is 10.0. The molecule has 4 aromatic heterocycles. The molecule has 0 bridgehead atoms. The quantitative estimate of drug-likeness (QED) is 0.113. The van der Waals surface area contributed by atoms with E-state index in [1.165, 1.54) is 11.8 Å². The Balaban J connectivity index is 1.11. The zero-order chi connectivity index (χ0) is 32.3. The molecule has 0 spiro atoms. The van der Waals surface area contributed by atoms with Gasteiger partial charge in [-0.1, -0.05) is 65.1 Å². The highest BCUT2D eigenvalue weighted by molar-refractivity contribution is 14.1. The number of amides is 1. The van der Waals surface area contributed by atoms with Gasteiger partial charge in [-0.05, 0) is 66.9 Å². The summed E-state index contributed by atoms with van der Waals surface area (Å²) < 4.78 is 2.30. The molecule has 1 fully saturated rings. The molecule has 0 radical (unpaired) electrons. The van der Waals surface area contributed by atoms with Crippen molar-refractivity contribution in [3.8, 4) is 34.4 Å². The molecule has 7 rings (SSSR count). The molecule has 232 valence electrons. The Labute approximate surface area is 285 Å². The molecule has 3 N–H and O–H groups in total. The van der Waals surface area contributed by atoms with Crippen LogP contribution in [0.15, 0.2) is 103 Å². The molecule has 1 amide bonds. The maximum Gasteiger partial charge on any atom is 0.270 e. The van der Waals surface area contributed by atoms with Gasteiger partial charge in [0.25, 0.3) is 5.91 Å². The maximum absolute atomic E-state index is 12.7. The van der Waals surface area contributed by atoms with E-state index in [2.05, 4.69) is 71.6 Å². The predicted molar refractivity (Wildman–Crippen MR) is 190 cm³/mol. The number of nitrogens with zero attached hydrogens (tertiary/aromatic N) is 7. The third kappa shape index (κ3) is 6.43. The van der Waals surface area contributed by atoms with Gasteiger partial charge < -0.3 is 11.1 Å². The highest BCUT2D eigenvalue weighted by atomic mass is 127. The highest BCUT2D eigenvalue weighted by Gasteiger charge is 2.28. The van der Waals surface area contributed by atoms with Gasteiger partial charge in [0.15, 0.2) is 11.5 Å². The van der Waals surface area contributed by atoms with Gasteiger partial charge in [-0.2, -0.15) is 5.26 Å². The molecule has 1 aliphatic heterocycles. The van der Waals surface area contributed by atoms with Crippen LogP contribution < -0.4 is 11.1 Å². The van der Waals surface area contributed by atoms with Gasteiger partial charge in [0, 0.05) is 42.8 Å². The number of aromatic nitrogens is 5. The van der Waals surface area contributed by atoms with E-state index in [1.54, 1.807) is 18.3 Å². The summed E-state index contributed by atoms with van der Waals surface area (Å²) in [6.45, 7) is 1.64. The standard InChI is InChI=1S/C36H30IN9O/c37-32-19-26(42-36(47)31-13-10-24(20-38)21-41-31)16-18-45(32)22-23-8-11-27(12-9-23)46-34(28-7-4-17-40-33(28)39)44-30-15-14-29(43-35(30)46)25-5-2-1-3-6-25/h1-15,17,21,26,32H,16,18-19,22H2,(H2,39,40)(H,42,47). The van der Waals surface area contributed by atoms with Gasteiger partial charge >= 0.3 is 0 Å². The molecule has 2 aromatic carbocycles. The van der Waals surface area contributed by atoms with Crippen LogP contribution >= 0.6 is 22.6 Å². The van der Waals surface area contributed by atoms with Crippen molar-refractivity contribution in [1.29, 1.82) is 5.26 Å². The molecule has 0 saturated carbocycles. The molecule has 2 atom stereocenters. The third-order valence-corrected chi connectivity index (χ3v) is 9.63. The number of nitrogen functional groups attached to an aromatic ring is 1. The fourth-order valence-electron chi connectivity index (χ4n) is 5.87. The van der Waals surface area contributed by atoms with Crippen molar-refractivity contribution >= 4 is 45.5 Å². The SMILES string of the molecule is N#Cc1ccc(C(=O)NC2CCN(Cc3ccc(-n4c(-c5cccnc5N)nc5ccc(-c6ccccc6)nc54)cc3)C(I)C2)nc1. The van der Waals surface area contributed by atoms with Crippen molar-refractivity contribution in [2.24, 2.45) is 0 Å². The number of fused-ring (bicyclic) bond motifs is 1. The van der Waals surface area contributed by atoms with E-state index in [4.69, 9.17) is 21.0 Å². The molecular weight excluding hydrogens is 701 g/mol. The van der Waals surface area contributed by atoms with E-state index in [0.29, 0.717) is 22.9 Å². The van der Waals surface area contributed by atoms with Crippen LogP contribution in [0.5, 0.6) is 0 Å². The number of benzene rings is 2. The smallest absolute Gasteiger partial charge is 0.270 e. The van der Waals surface area contributed by atoms with Gasteiger partial charge in [0.1, 0.15) is 23.1 Å². The molecule has 47 heavy (non-hydrogen) atoms. The third-order valence-electron chi connectivity index (χ3n) is 8.33. The Morgan fingerprint density at radius 1 is 0.979 bits per heavy atom. The number of hydrogen-bond donors (Lipinski definition) is 2. The van der Waals surface area contributed by atoms with Crippen LogP contribution in [0, 0.1) is 11.3 Å². The molecule has 11 heteroatoms. The lowest BCUT2D eigenvalue weighted by Crippen LogP contribution is -2.47. The number of pyridine rings is 3. The Kier molecular flexibility index (Phi) is 8.60. The number of nitrogens with one attached hydrogen (secondary N) is 1. The normalized spacial score (nSPS) is 16.5. The predicted octanol–water partition coefficient (Wildman–Crippen LogP) is 6.15. The number of carbonyl (C=O) groups is 1. The number of nitrogens with two attached hydrogens (primary N) is 1. The average molecular weight is 732 g/mol. The summed E-state index contributed by atoms with van der Waals surface area (Å²) in [5, 5.41) is 12.1. The number of likely N-dealkylation sites (tertiary alicyclic amines) is 1. The Bertz CT molecular complexity index is 2090. The summed E-state index contributed by atoms with van der Waals surface area (Å²) in [7, 11) is 0. The maximum atomic E-state index is 12.7. The van der Waals surface area contributed by atoms with E-state index in [-0.39, 0.29) is 16.0 Å². The van der Waals surface area contributed by atoms with Crippen LogP contribution in [0.25, 0.3) is 39.5 Å². The second-order valence-corrected chi connectivity index (χ2v) is 12.9. The average Bonchev–Trinajstić information content (AvgIpc) is 3.49. The lowest BCUT2D eigenvalue weighted by Gasteiger charge is -2.36. The summed E-state index contributed by atoms with van der Waals surface area (Å²) in [4.78, 5) is 33.6. The fraction of sp³-hybridized carbons (Fsp3) is 0.167. The number of halogens is 1. The molecule has 1 aliphatic rings. The molecule has 0 aliphatic carbocycles. The van der Waals surface area contributed by atoms with Gasteiger partial charge in [0.05, 0.1) is 20.9 Å². The van der Waals surface area contributed by atoms with E-state index in [9.17, 15) is 4.79 Å². The molecular formula is C36H30IN9O. The minimum Gasteiger partial charge on any atom is -0.383 e. The van der Waals surface area contributed by atoms with Gasteiger partial charge in [0.2, 0.25) is 0 Å². The minimum absolute atomic E-state index is 0.0570. The summed E-state index contributed by atoms with van der Waals surface area (Å²) in [6, 6.07) is 31.7. The van der Waals surface area contributed by atoms with Crippen molar-refractivity contribution in [2.75, 3.05) is 12.3 Å². The monoisotopic (exact) mass is 731 g/mol. The van der Waals surface area contributed by atoms with Crippen LogP contribution in [0.1, 0.15) is 34.5 Å². The first kappa shape index (κ1) is 30.5. The van der Waals surface area contributed by atoms with Crippen molar-refractivity contribution in [1.82, 2.24) is 34.7 Å². The molecule has 1 saturated heterocycles. The van der Waals surface area contributed by atoms with E-state index < -0.39 is 0 Å². The van der Waals surface area contributed by atoms with Crippen LogP contribution in [-0.2, 0) is 6.54 Å². The largest absolute Gasteiger partial charge is 0.383 e. The van der Waals surface area contributed by atoms with Crippen LogP contribution in [0.2, 0.25) is 0 Å². The Hall–Kier alpha value is -5.19. The van der Waals surface area contributed by atoms with Crippen LogP contribution in [0.3, 0.4) is 0 Å². The second kappa shape index (κ2) is 13.3. The van der Waals surface area contributed by atoms with Crippen molar-refractivity contribution in [3.05, 3.63) is 120 Å². The number of rotatable bonds is 7. The minimum atomic E-state index is -0.211. The van der Waals surface area contributed by atoms with Crippen molar-refractivity contribution in [2.45, 2.75) is 29.5 Å². The lowest BCUT2D eigenvalue weighted by molar-refractivity contribution is 0.0899. The van der Waals surface area contributed by atoms with Crippen LogP contribution in [0.4, 0.5) is 5.82 Å². The zero-order valence-corrected chi connectivity index (χ0v) is 27.4. The topological polar surface area (TPSA) is 139 Å². The summed E-state index contributed by atoms with van der Waals surface area (Å²) >= 11 is 2.46. The number of nitriles is 1.